The van der Waals surface area contributed by atoms with E-state index in [0.717, 1.165) is 0 Å². The van der Waals surface area contributed by atoms with Crippen LogP contribution in [0.1, 0.15) is 38.3 Å². The van der Waals surface area contributed by atoms with Gasteiger partial charge in [-0.3, -0.25) is 10.1 Å². The van der Waals surface area contributed by atoms with Gasteiger partial charge < -0.3 is 10.1 Å². The zero-order valence-corrected chi connectivity index (χ0v) is 13.2. The zero-order valence-electron chi connectivity index (χ0n) is 13.2. The van der Waals surface area contributed by atoms with E-state index in [1.165, 1.54) is 18.2 Å². The van der Waals surface area contributed by atoms with Crippen molar-refractivity contribution in [2.24, 2.45) is 0 Å². The van der Waals surface area contributed by atoms with Gasteiger partial charge in [-0.25, -0.2) is 4.79 Å². The van der Waals surface area contributed by atoms with E-state index < -0.39 is 16.6 Å². The fraction of sp³-hybridized carbons (Fsp3) is 0.375. The third kappa shape index (κ3) is 6.49. The molecule has 0 bridgehead atoms. The van der Waals surface area contributed by atoms with Crippen LogP contribution in [0.2, 0.25) is 0 Å². The van der Waals surface area contributed by atoms with Crippen LogP contribution >= 0.6 is 0 Å². The van der Waals surface area contributed by atoms with Gasteiger partial charge in [0.15, 0.2) is 0 Å². The molecule has 0 aliphatic heterocycles. The number of rotatable bonds is 3. The van der Waals surface area contributed by atoms with Crippen LogP contribution in [0.25, 0.3) is 0 Å². The lowest BCUT2D eigenvalue weighted by atomic mass is 10.1. The van der Waals surface area contributed by atoms with Crippen molar-refractivity contribution < 1.29 is 14.5 Å². The van der Waals surface area contributed by atoms with Crippen LogP contribution in [0, 0.1) is 33.3 Å². The molecule has 1 rings (SSSR count). The lowest BCUT2D eigenvalue weighted by Gasteiger charge is -2.19. The molecular formula is C16H17N3O4. The fourth-order valence-corrected chi connectivity index (χ4v) is 1.55. The summed E-state index contributed by atoms with van der Waals surface area (Å²) >= 11 is 0. The van der Waals surface area contributed by atoms with Crippen molar-refractivity contribution in [2.75, 3.05) is 6.54 Å². The molecule has 0 radical (unpaired) electrons. The number of nitriles is 1. The molecule has 23 heavy (non-hydrogen) atoms. The number of carbonyl (C=O) groups is 1. The average molecular weight is 315 g/mol. The predicted octanol–water partition coefficient (Wildman–Crippen LogP) is 2.73. The Kier molecular flexibility index (Phi) is 6.11. The van der Waals surface area contributed by atoms with Crippen molar-refractivity contribution in [3.05, 3.63) is 39.4 Å². The second kappa shape index (κ2) is 7.81. The van der Waals surface area contributed by atoms with Crippen LogP contribution in [0.15, 0.2) is 18.2 Å². The molecule has 0 saturated heterocycles. The number of nitro groups is 1. The number of hydrogen-bond acceptors (Lipinski definition) is 5. The van der Waals surface area contributed by atoms with Crippen molar-refractivity contribution in [3.63, 3.8) is 0 Å². The Morgan fingerprint density at radius 3 is 2.65 bits per heavy atom. The molecule has 1 aromatic carbocycles. The summed E-state index contributed by atoms with van der Waals surface area (Å²) in [5.41, 5.74) is -0.156. The van der Waals surface area contributed by atoms with Crippen molar-refractivity contribution in [2.45, 2.75) is 32.8 Å². The van der Waals surface area contributed by atoms with E-state index in [9.17, 15) is 14.9 Å². The van der Waals surface area contributed by atoms with Gasteiger partial charge in [-0.15, -0.1) is 0 Å². The van der Waals surface area contributed by atoms with Gasteiger partial charge in [0.25, 0.3) is 5.69 Å². The highest BCUT2D eigenvalue weighted by Crippen LogP contribution is 2.16. The summed E-state index contributed by atoms with van der Waals surface area (Å²) in [6.07, 6.45) is -0.159. The van der Waals surface area contributed by atoms with Gasteiger partial charge in [-0.05, 0) is 26.8 Å². The minimum Gasteiger partial charge on any atom is -0.444 e. The SMILES string of the molecule is CC(C)(C)OC(=O)NCCC#Cc1ccc([N+](=O)[O-])cc1C#N. The minimum absolute atomic E-state index is 0.145. The fourth-order valence-electron chi connectivity index (χ4n) is 1.55. The summed E-state index contributed by atoms with van der Waals surface area (Å²) in [4.78, 5) is 21.5. The van der Waals surface area contributed by atoms with Gasteiger partial charge in [0, 0.05) is 30.7 Å². The molecule has 0 fully saturated rings. The lowest BCUT2D eigenvalue weighted by molar-refractivity contribution is -0.384. The molecule has 0 unspecified atom stereocenters. The molecular weight excluding hydrogens is 298 g/mol. The first-order valence-electron chi connectivity index (χ1n) is 6.87. The van der Waals surface area contributed by atoms with Crippen LogP contribution in [0.3, 0.4) is 0 Å². The van der Waals surface area contributed by atoms with Crippen LogP contribution in [0.4, 0.5) is 10.5 Å². The number of hydrogen-bond donors (Lipinski definition) is 1. The second-order valence-electron chi connectivity index (χ2n) is 5.58. The topological polar surface area (TPSA) is 105 Å². The van der Waals surface area contributed by atoms with Gasteiger partial charge in [0.1, 0.15) is 11.7 Å². The summed E-state index contributed by atoms with van der Waals surface area (Å²) in [5, 5.41) is 22.2. The predicted molar refractivity (Wildman–Crippen MR) is 83.5 cm³/mol. The first kappa shape index (κ1) is 18.0. The molecule has 0 aliphatic rings. The lowest BCUT2D eigenvalue weighted by Crippen LogP contribution is -2.32. The van der Waals surface area contributed by atoms with E-state index in [0.29, 0.717) is 18.5 Å². The molecule has 0 spiro atoms. The van der Waals surface area contributed by atoms with Crippen molar-refractivity contribution in [1.29, 1.82) is 5.26 Å². The maximum absolute atomic E-state index is 11.4. The van der Waals surface area contributed by atoms with Gasteiger partial charge in [-0.2, -0.15) is 5.26 Å². The standard InChI is InChI=1S/C16H17N3O4/c1-16(2,3)23-15(20)18-9-5-4-6-12-7-8-14(19(21)22)10-13(12)11-17/h7-8,10H,5,9H2,1-3H3,(H,18,20). The van der Waals surface area contributed by atoms with E-state index in [1.807, 2.05) is 6.07 Å². The molecule has 0 atom stereocenters. The van der Waals surface area contributed by atoms with E-state index in [-0.39, 0.29) is 11.3 Å². The maximum atomic E-state index is 11.4. The Labute approximate surface area is 134 Å². The smallest absolute Gasteiger partial charge is 0.407 e. The normalized spacial score (nSPS) is 10.0. The number of nitrogens with one attached hydrogen (secondary N) is 1. The van der Waals surface area contributed by atoms with Crippen molar-refractivity contribution in [1.82, 2.24) is 5.32 Å². The van der Waals surface area contributed by atoms with Gasteiger partial charge in [0.2, 0.25) is 0 Å². The summed E-state index contributed by atoms with van der Waals surface area (Å²) in [5.74, 6) is 5.57. The van der Waals surface area contributed by atoms with Crippen LogP contribution in [0.5, 0.6) is 0 Å². The molecule has 120 valence electrons. The number of nitro benzene ring substituents is 1. The van der Waals surface area contributed by atoms with E-state index >= 15 is 0 Å². The molecule has 0 saturated carbocycles. The maximum Gasteiger partial charge on any atom is 0.407 e. The number of carbonyl (C=O) groups excluding carboxylic acids is 1. The Bertz CT molecular complexity index is 703. The van der Waals surface area contributed by atoms with E-state index in [1.54, 1.807) is 20.8 Å². The largest absolute Gasteiger partial charge is 0.444 e. The average Bonchev–Trinajstić information content (AvgIpc) is 2.44. The monoisotopic (exact) mass is 315 g/mol. The Morgan fingerprint density at radius 2 is 2.09 bits per heavy atom. The number of alkyl carbamates (subject to hydrolysis) is 1. The summed E-state index contributed by atoms with van der Waals surface area (Å²) in [6, 6.07) is 5.79. The summed E-state index contributed by atoms with van der Waals surface area (Å²) in [6.45, 7) is 5.61. The third-order valence-corrected chi connectivity index (χ3v) is 2.48. The van der Waals surface area contributed by atoms with Gasteiger partial charge in [-0.1, -0.05) is 11.8 Å². The highest BCUT2D eigenvalue weighted by molar-refractivity contribution is 5.67. The van der Waals surface area contributed by atoms with Crippen molar-refractivity contribution in [3.8, 4) is 17.9 Å². The highest BCUT2D eigenvalue weighted by Gasteiger charge is 2.15. The quantitative estimate of drug-likeness (QED) is 0.399. The Morgan fingerprint density at radius 1 is 1.39 bits per heavy atom. The second-order valence-corrected chi connectivity index (χ2v) is 5.58. The van der Waals surface area contributed by atoms with E-state index in [4.69, 9.17) is 10.00 Å². The van der Waals surface area contributed by atoms with Gasteiger partial charge >= 0.3 is 6.09 Å². The third-order valence-electron chi connectivity index (χ3n) is 2.48. The molecule has 7 heteroatoms. The Hall–Kier alpha value is -3.06. The van der Waals surface area contributed by atoms with Crippen molar-refractivity contribution >= 4 is 11.8 Å². The molecule has 7 nitrogen and oxygen atoms in total. The molecule has 1 aromatic rings. The van der Waals surface area contributed by atoms with Crippen LogP contribution in [-0.2, 0) is 4.74 Å². The number of ether oxygens (including phenoxy) is 1. The molecule has 1 N–H and O–H groups in total. The summed E-state index contributed by atoms with van der Waals surface area (Å²) < 4.78 is 5.07. The number of non-ortho nitro benzene ring substituents is 1. The summed E-state index contributed by atoms with van der Waals surface area (Å²) in [7, 11) is 0. The molecule has 0 aliphatic carbocycles. The number of nitrogens with zero attached hydrogens (tertiary/aromatic N) is 2. The first-order valence-corrected chi connectivity index (χ1v) is 6.87. The van der Waals surface area contributed by atoms with Crippen LogP contribution in [-0.4, -0.2) is 23.2 Å². The highest BCUT2D eigenvalue weighted by atomic mass is 16.6. The zero-order chi connectivity index (χ0) is 17.5. The Balaban J connectivity index is 2.59. The minimum atomic E-state index is -0.567. The molecule has 0 aromatic heterocycles. The van der Waals surface area contributed by atoms with E-state index in [2.05, 4.69) is 17.2 Å². The number of amides is 1. The molecule has 0 heterocycles. The van der Waals surface area contributed by atoms with Gasteiger partial charge in [0.05, 0.1) is 10.5 Å². The first-order chi connectivity index (χ1) is 10.7. The van der Waals surface area contributed by atoms with Crippen LogP contribution < -0.4 is 5.32 Å². The molecule has 1 amide bonds. The number of benzene rings is 1.